The van der Waals surface area contributed by atoms with Gasteiger partial charge in [-0.05, 0) is 18.4 Å². The van der Waals surface area contributed by atoms with Crippen LogP contribution in [0.15, 0.2) is 30.3 Å². The summed E-state index contributed by atoms with van der Waals surface area (Å²) in [6.45, 7) is 3.82. The zero-order valence-corrected chi connectivity index (χ0v) is 11.1. The minimum Gasteiger partial charge on any atom is -0.340 e. The Morgan fingerprint density at radius 3 is 2.42 bits per heavy atom. The van der Waals surface area contributed by atoms with Crippen LogP contribution in [0.1, 0.15) is 18.4 Å². The Bertz CT molecular complexity index is 423. The Labute approximate surface area is 113 Å². The fraction of sp³-hybridized carbons (Fsp3) is 0.533. The van der Waals surface area contributed by atoms with Gasteiger partial charge < -0.3 is 4.90 Å². The van der Waals surface area contributed by atoms with Gasteiger partial charge in [0, 0.05) is 32.1 Å². The Hall–Kier alpha value is -1.39. The maximum Gasteiger partial charge on any atom is 0.225 e. The number of hydrogen-bond donors (Lipinski definition) is 0. The van der Waals surface area contributed by atoms with E-state index in [1.165, 1.54) is 5.56 Å². The van der Waals surface area contributed by atoms with E-state index in [0.29, 0.717) is 18.4 Å². The lowest BCUT2D eigenvalue weighted by atomic mass is 10.2. The Kier molecular flexibility index (Phi) is 3.80. The van der Waals surface area contributed by atoms with Gasteiger partial charge in [-0.1, -0.05) is 30.3 Å². The highest BCUT2D eigenvalue weighted by molar-refractivity contribution is 5.81. The molecule has 1 aromatic rings. The van der Waals surface area contributed by atoms with Crippen LogP contribution in [0.5, 0.6) is 0 Å². The highest BCUT2D eigenvalue weighted by Crippen LogP contribution is 2.31. The predicted molar refractivity (Wildman–Crippen MR) is 72.1 cm³/mol. The van der Waals surface area contributed by atoms with Crippen LogP contribution < -0.4 is 0 Å². The number of piperazine rings is 1. The summed E-state index contributed by atoms with van der Waals surface area (Å²) in [6, 6.07) is 10.2. The standard InChI is InChI=1S/C15H20N2O2/c18-15(14-6-7-14)16-8-10-17(11-9-16)19-12-13-4-2-1-3-5-13/h1-5,14H,6-12H2. The molecule has 102 valence electrons. The lowest BCUT2D eigenvalue weighted by molar-refractivity contribution is -0.188. The van der Waals surface area contributed by atoms with Crippen molar-refractivity contribution in [2.24, 2.45) is 5.92 Å². The highest BCUT2D eigenvalue weighted by atomic mass is 16.7. The molecule has 1 saturated carbocycles. The average molecular weight is 260 g/mol. The molecule has 3 rings (SSSR count). The summed E-state index contributed by atoms with van der Waals surface area (Å²) in [6.07, 6.45) is 2.17. The van der Waals surface area contributed by atoms with Crippen molar-refractivity contribution in [2.45, 2.75) is 19.4 Å². The molecule has 0 aromatic heterocycles. The number of nitrogens with zero attached hydrogens (tertiary/aromatic N) is 2. The van der Waals surface area contributed by atoms with E-state index in [1.54, 1.807) is 0 Å². The van der Waals surface area contributed by atoms with Crippen molar-refractivity contribution in [3.05, 3.63) is 35.9 Å². The smallest absolute Gasteiger partial charge is 0.225 e. The number of hydroxylamine groups is 2. The van der Waals surface area contributed by atoms with Crippen molar-refractivity contribution in [3.8, 4) is 0 Å². The number of hydrogen-bond acceptors (Lipinski definition) is 3. The summed E-state index contributed by atoms with van der Waals surface area (Å²) in [5.41, 5.74) is 1.18. The number of rotatable bonds is 4. The molecular formula is C15H20N2O2. The van der Waals surface area contributed by atoms with Crippen molar-refractivity contribution in [2.75, 3.05) is 26.2 Å². The molecule has 2 fully saturated rings. The second-order valence-corrected chi connectivity index (χ2v) is 5.29. The topological polar surface area (TPSA) is 32.8 Å². The van der Waals surface area contributed by atoms with Gasteiger partial charge >= 0.3 is 0 Å². The quantitative estimate of drug-likeness (QED) is 0.825. The van der Waals surface area contributed by atoms with E-state index in [4.69, 9.17) is 4.84 Å². The lowest BCUT2D eigenvalue weighted by Gasteiger charge is -2.34. The molecule has 2 aliphatic rings. The summed E-state index contributed by atoms with van der Waals surface area (Å²) >= 11 is 0. The van der Waals surface area contributed by atoms with E-state index in [0.717, 1.165) is 39.0 Å². The van der Waals surface area contributed by atoms with E-state index >= 15 is 0 Å². The number of benzene rings is 1. The monoisotopic (exact) mass is 260 g/mol. The number of carbonyl (C=O) groups excluding carboxylic acids is 1. The van der Waals surface area contributed by atoms with Gasteiger partial charge in [0.05, 0.1) is 6.61 Å². The van der Waals surface area contributed by atoms with Crippen LogP contribution in [0.3, 0.4) is 0 Å². The van der Waals surface area contributed by atoms with Gasteiger partial charge in [0.1, 0.15) is 0 Å². The molecule has 0 N–H and O–H groups in total. The van der Waals surface area contributed by atoms with Gasteiger partial charge in [-0.2, -0.15) is 5.06 Å². The molecule has 4 nitrogen and oxygen atoms in total. The molecule has 1 aromatic carbocycles. The van der Waals surface area contributed by atoms with Gasteiger partial charge in [-0.25, -0.2) is 0 Å². The Morgan fingerprint density at radius 1 is 1.11 bits per heavy atom. The second kappa shape index (κ2) is 5.72. The Morgan fingerprint density at radius 2 is 1.79 bits per heavy atom. The van der Waals surface area contributed by atoms with Crippen molar-refractivity contribution in [1.82, 2.24) is 9.96 Å². The summed E-state index contributed by atoms with van der Waals surface area (Å²) < 4.78 is 0. The van der Waals surface area contributed by atoms with E-state index < -0.39 is 0 Å². The number of amides is 1. The normalized spacial score (nSPS) is 20.5. The second-order valence-electron chi connectivity index (χ2n) is 5.29. The lowest BCUT2D eigenvalue weighted by Crippen LogP contribution is -2.48. The third-order valence-electron chi connectivity index (χ3n) is 3.73. The third-order valence-corrected chi connectivity index (χ3v) is 3.73. The molecule has 1 saturated heterocycles. The van der Waals surface area contributed by atoms with Gasteiger partial charge in [0.25, 0.3) is 0 Å². The van der Waals surface area contributed by atoms with E-state index in [1.807, 2.05) is 28.2 Å². The van der Waals surface area contributed by atoms with Crippen LogP contribution >= 0.6 is 0 Å². The largest absolute Gasteiger partial charge is 0.340 e. The van der Waals surface area contributed by atoms with Crippen LogP contribution in [0.2, 0.25) is 0 Å². The molecule has 0 radical (unpaired) electrons. The van der Waals surface area contributed by atoms with Crippen molar-refractivity contribution >= 4 is 5.91 Å². The molecule has 1 heterocycles. The van der Waals surface area contributed by atoms with Crippen LogP contribution in [0.25, 0.3) is 0 Å². The SMILES string of the molecule is O=C(C1CC1)N1CCN(OCc2ccccc2)CC1. The molecule has 0 bridgehead atoms. The molecule has 0 spiro atoms. The summed E-state index contributed by atoms with van der Waals surface area (Å²) in [7, 11) is 0. The maximum absolute atomic E-state index is 11.9. The van der Waals surface area contributed by atoms with Crippen molar-refractivity contribution < 1.29 is 9.63 Å². The first-order valence-electron chi connectivity index (χ1n) is 7.03. The van der Waals surface area contributed by atoms with Crippen molar-refractivity contribution in [1.29, 1.82) is 0 Å². The molecule has 0 atom stereocenters. The predicted octanol–water partition coefficient (Wildman–Crippen LogP) is 1.67. The summed E-state index contributed by atoms with van der Waals surface area (Å²) in [5.74, 6) is 0.680. The van der Waals surface area contributed by atoms with Gasteiger partial charge in [-0.3, -0.25) is 9.63 Å². The zero-order valence-electron chi connectivity index (χ0n) is 11.1. The van der Waals surface area contributed by atoms with E-state index in [9.17, 15) is 4.79 Å². The van der Waals surface area contributed by atoms with Crippen LogP contribution in [-0.2, 0) is 16.2 Å². The molecular weight excluding hydrogens is 240 g/mol. The van der Waals surface area contributed by atoms with Crippen LogP contribution in [0, 0.1) is 5.92 Å². The van der Waals surface area contributed by atoms with Crippen molar-refractivity contribution in [3.63, 3.8) is 0 Å². The molecule has 4 heteroatoms. The van der Waals surface area contributed by atoms with Gasteiger partial charge in [-0.15, -0.1) is 0 Å². The molecule has 1 aliphatic carbocycles. The first-order chi connectivity index (χ1) is 9.33. The van der Waals surface area contributed by atoms with Crippen LogP contribution in [0.4, 0.5) is 0 Å². The minimum atomic E-state index is 0.330. The fourth-order valence-electron chi connectivity index (χ4n) is 2.37. The van der Waals surface area contributed by atoms with Gasteiger partial charge in [0.15, 0.2) is 0 Å². The van der Waals surface area contributed by atoms with E-state index in [-0.39, 0.29) is 0 Å². The summed E-state index contributed by atoms with van der Waals surface area (Å²) in [5, 5.41) is 1.98. The molecule has 1 amide bonds. The molecule has 1 aliphatic heterocycles. The van der Waals surface area contributed by atoms with Gasteiger partial charge in [0.2, 0.25) is 5.91 Å². The highest BCUT2D eigenvalue weighted by Gasteiger charge is 2.34. The first-order valence-corrected chi connectivity index (χ1v) is 7.03. The maximum atomic E-state index is 11.9. The zero-order chi connectivity index (χ0) is 13.1. The average Bonchev–Trinajstić information content (AvgIpc) is 3.31. The molecule has 0 unspecified atom stereocenters. The number of carbonyl (C=O) groups is 1. The molecule has 19 heavy (non-hydrogen) atoms. The fourth-order valence-corrected chi connectivity index (χ4v) is 2.37. The van der Waals surface area contributed by atoms with Crippen LogP contribution in [-0.4, -0.2) is 42.0 Å². The Balaban J connectivity index is 1.41. The van der Waals surface area contributed by atoms with E-state index in [2.05, 4.69) is 12.1 Å². The minimum absolute atomic E-state index is 0.330. The first kappa shape index (κ1) is 12.6. The summed E-state index contributed by atoms with van der Waals surface area (Å²) in [4.78, 5) is 19.7. The third kappa shape index (κ3) is 3.33.